The van der Waals surface area contributed by atoms with E-state index in [4.69, 9.17) is 0 Å². The van der Waals surface area contributed by atoms with Gasteiger partial charge in [0.05, 0.1) is 10.6 Å². The maximum Gasteiger partial charge on any atom is 0.257 e. The normalized spacial score (nSPS) is 16.2. The van der Waals surface area contributed by atoms with Crippen LogP contribution in [0.2, 0.25) is 0 Å². The van der Waals surface area contributed by atoms with Gasteiger partial charge in [-0.05, 0) is 36.5 Å². The van der Waals surface area contributed by atoms with Crippen molar-refractivity contribution >= 4 is 28.2 Å². The Hall–Kier alpha value is -2.79. The Morgan fingerprint density at radius 3 is 2.58 bits per heavy atom. The first-order valence-corrected chi connectivity index (χ1v) is 9.38. The van der Waals surface area contributed by atoms with Crippen LogP contribution >= 0.6 is 11.3 Å². The molecule has 0 fully saturated rings. The van der Waals surface area contributed by atoms with E-state index in [0.717, 1.165) is 23.2 Å². The van der Waals surface area contributed by atoms with Crippen LogP contribution in [0, 0.1) is 6.92 Å². The van der Waals surface area contributed by atoms with Gasteiger partial charge in [-0.25, -0.2) is 4.98 Å². The molecule has 3 aromatic rings. The molecule has 1 atom stereocenters. The lowest BCUT2D eigenvalue weighted by Gasteiger charge is -2.20. The number of hydrogen-bond donors (Lipinski definition) is 1. The standard InChI is InChI=1S/C21H18N2O2S/c1-13-7-5-6-10-16(13)20(25)23-21-22-17-11-15(12-18(24)19(17)26-21)14-8-3-2-4-9-14/h2-10,15H,11-12H2,1H3,(H,22,23,25). The number of carbonyl (C=O) groups is 2. The highest BCUT2D eigenvalue weighted by atomic mass is 32.1. The third kappa shape index (κ3) is 3.18. The summed E-state index contributed by atoms with van der Waals surface area (Å²) in [5.41, 5.74) is 3.48. The van der Waals surface area contributed by atoms with Crippen molar-refractivity contribution in [1.29, 1.82) is 0 Å². The van der Waals surface area contributed by atoms with Crippen molar-refractivity contribution in [2.45, 2.75) is 25.7 Å². The van der Waals surface area contributed by atoms with Gasteiger partial charge in [-0.1, -0.05) is 59.9 Å². The summed E-state index contributed by atoms with van der Waals surface area (Å²) < 4.78 is 0. The van der Waals surface area contributed by atoms with E-state index in [0.29, 0.717) is 22.0 Å². The fourth-order valence-corrected chi connectivity index (χ4v) is 4.27. The number of ketones is 1. The predicted octanol–water partition coefficient (Wildman–Crippen LogP) is 4.62. The van der Waals surface area contributed by atoms with Gasteiger partial charge in [0.2, 0.25) is 0 Å². The lowest BCUT2D eigenvalue weighted by Crippen LogP contribution is -2.17. The molecule has 5 heteroatoms. The summed E-state index contributed by atoms with van der Waals surface area (Å²) in [5, 5.41) is 3.34. The summed E-state index contributed by atoms with van der Waals surface area (Å²) in [6.07, 6.45) is 1.21. The van der Waals surface area contributed by atoms with Gasteiger partial charge in [0, 0.05) is 12.0 Å². The van der Waals surface area contributed by atoms with Gasteiger partial charge < -0.3 is 0 Å². The maximum absolute atomic E-state index is 12.6. The first-order chi connectivity index (χ1) is 12.6. The molecule has 0 aliphatic heterocycles. The quantitative estimate of drug-likeness (QED) is 0.740. The van der Waals surface area contributed by atoms with Crippen molar-refractivity contribution in [3.05, 3.63) is 81.9 Å². The Morgan fingerprint density at radius 1 is 1.08 bits per heavy atom. The number of thiazole rings is 1. The van der Waals surface area contributed by atoms with Crippen LogP contribution in [0.1, 0.15) is 49.2 Å². The first kappa shape index (κ1) is 16.7. The SMILES string of the molecule is Cc1ccccc1C(=O)Nc1nc2c(s1)C(=O)CC(c1ccccc1)C2. The van der Waals surface area contributed by atoms with Crippen molar-refractivity contribution in [1.82, 2.24) is 4.98 Å². The van der Waals surface area contributed by atoms with Gasteiger partial charge in [0.15, 0.2) is 10.9 Å². The zero-order chi connectivity index (χ0) is 18.1. The molecule has 26 heavy (non-hydrogen) atoms. The van der Waals surface area contributed by atoms with Gasteiger partial charge in [0.25, 0.3) is 5.91 Å². The van der Waals surface area contributed by atoms with E-state index in [1.54, 1.807) is 6.07 Å². The summed E-state index contributed by atoms with van der Waals surface area (Å²) in [4.78, 5) is 30.3. The highest BCUT2D eigenvalue weighted by Gasteiger charge is 2.30. The van der Waals surface area contributed by atoms with E-state index in [9.17, 15) is 9.59 Å². The zero-order valence-corrected chi connectivity index (χ0v) is 15.2. The number of Topliss-reactive ketones (excluding diaryl/α,β-unsaturated/α-hetero) is 1. The number of amides is 1. The van der Waals surface area contributed by atoms with Crippen LogP contribution in [0.3, 0.4) is 0 Å². The van der Waals surface area contributed by atoms with Crippen molar-refractivity contribution < 1.29 is 9.59 Å². The van der Waals surface area contributed by atoms with Crippen LogP contribution < -0.4 is 5.32 Å². The van der Waals surface area contributed by atoms with Gasteiger partial charge in [0.1, 0.15) is 0 Å². The van der Waals surface area contributed by atoms with Crippen LogP contribution in [0.25, 0.3) is 0 Å². The lowest BCUT2D eigenvalue weighted by molar-refractivity contribution is 0.0967. The Morgan fingerprint density at radius 2 is 1.81 bits per heavy atom. The number of aryl methyl sites for hydroxylation is 1. The molecule has 0 saturated heterocycles. The molecule has 1 aromatic heterocycles. The van der Waals surface area contributed by atoms with Gasteiger partial charge in [-0.2, -0.15) is 0 Å². The van der Waals surface area contributed by atoms with Gasteiger partial charge in [-0.15, -0.1) is 0 Å². The van der Waals surface area contributed by atoms with Gasteiger partial charge >= 0.3 is 0 Å². The Labute approximate surface area is 155 Å². The molecule has 4 nitrogen and oxygen atoms in total. The number of nitrogens with one attached hydrogen (secondary N) is 1. The predicted molar refractivity (Wildman–Crippen MR) is 103 cm³/mol. The molecule has 0 bridgehead atoms. The zero-order valence-electron chi connectivity index (χ0n) is 14.4. The number of benzene rings is 2. The summed E-state index contributed by atoms with van der Waals surface area (Å²) in [7, 11) is 0. The first-order valence-electron chi connectivity index (χ1n) is 8.56. The summed E-state index contributed by atoms with van der Waals surface area (Å²) in [5.74, 6) is 0.0634. The number of aromatic nitrogens is 1. The van der Waals surface area contributed by atoms with Crippen LogP contribution in [0.15, 0.2) is 54.6 Å². The lowest BCUT2D eigenvalue weighted by atomic mass is 9.85. The second-order valence-corrected chi connectivity index (χ2v) is 7.50. The Balaban J connectivity index is 1.56. The summed E-state index contributed by atoms with van der Waals surface area (Å²) in [6, 6.07) is 17.5. The molecule has 0 radical (unpaired) electrons. The molecule has 0 saturated carbocycles. The molecule has 130 valence electrons. The van der Waals surface area contributed by atoms with E-state index in [1.807, 2.05) is 43.3 Å². The van der Waals surface area contributed by atoms with Crippen LogP contribution in [0.4, 0.5) is 5.13 Å². The van der Waals surface area contributed by atoms with E-state index in [2.05, 4.69) is 22.4 Å². The molecule has 1 heterocycles. The van der Waals surface area contributed by atoms with E-state index in [-0.39, 0.29) is 17.6 Å². The minimum absolute atomic E-state index is 0.106. The largest absolute Gasteiger partial charge is 0.298 e. The molecular formula is C21H18N2O2S. The molecule has 4 rings (SSSR count). The Bertz CT molecular complexity index is 979. The second kappa shape index (κ2) is 6.84. The number of fused-ring (bicyclic) bond motifs is 1. The van der Waals surface area contributed by atoms with E-state index < -0.39 is 0 Å². The third-order valence-electron chi connectivity index (χ3n) is 4.70. The van der Waals surface area contributed by atoms with Crippen molar-refractivity contribution in [3.8, 4) is 0 Å². The highest BCUT2D eigenvalue weighted by molar-refractivity contribution is 7.17. The van der Waals surface area contributed by atoms with Crippen molar-refractivity contribution in [2.24, 2.45) is 0 Å². The third-order valence-corrected chi connectivity index (χ3v) is 5.76. The summed E-state index contributed by atoms with van der Waals surface area (Å²) in [6.45, 7) is 1.90. The van der Waals surface area contributed by atoms with Crippen LogP contribution in [0.5, 0.6) is 0 Å². The average Bonchev–Trinajstić information content (AvgIpc) is 3.06. The molecule has 1 aliphatic rings. The fourth-order valence-electron chi connectivity index (χ4n) is 3.34. The number of rotatable bonds is 3. The molecule has 1 N–H and O–H groups in total. The number of carbonyl (C=O) groups excluding carboxylic acids is 2. The molecule has 2 aromatic carbocycles. The van der Waals surface area contributed by atoms with Crippen LogP contribution in [-0.2, 0) is 6.42 Å². The number of anilines is 1. The molecular weight excluding hydrogens is 344 g/mol. The highest BCUT2D eigenvalue weighted by Crippen LogP contribution is 2.36. The smallest absolute Gasteiger partial charge is 0.257 e. The van der Waals surface area contributed by atoms with Gasteiger partial charge in [-0.3, -0.25) is 14.9 Å². The van der Waals surface area contributed by atoms with Crippen molar-refractivity contribution in [3.63, 3.8) is 0 Å². The molecule has 1 aliphatic carbocycles. The molecule has 1 amide bonds. The van der Waals surface area contributed by atoms with Crippen molar-refractivity contribution in [2.75, 3.05) is 5.32 Å². The minimum atomic E-state index is -0.193. The topological polar surface area (TPSA) is 59.1 Å². The molecule has 1 unspecified atom stereocenters. The monoisotopic (exact) mass is 362 g/mol. The fraction of sp³-hybridized carbons (Fsp3) is 0.190. The summed E-state index contributed by atoms with van der Waals surface area (Å²) >= 11 is 1.28. The maximum atomic E-state index is 12.6. The van der Waals surface area contributed by atoms with E-state index in [1.165, 1.54) is 11.3 Å². The number of nitrogens with zero attached hydrogens (tertiary/aromatic N) is 1. The van der Waals surface area contributed by atoms with Crippen LogP contribution in [-0.4, -0.2) is 16.7 Å². The molecule has 0 spiro atoms. The number of hydrogen-bond acceptors (Lipinski definition) is 4. The van der Waals surface area contributed by atoms with E-state index >= 15 is 0 Å². The minimum Gasteiger partial charge on any atom is -0.298 e. The Kier molecular flexibility index (Phi) is 4.39. The second-order valence-electron chi connectivity index (χ2n) is 6.50. The average molecular weight is 362 g/mol.